The molecule has 1 aliphatic heterocycles. The number of carbonyl (C=O) groups is 2. The average molecular weight is 505 g/mol. The van der Waals surface area contributed by atoms with Crippen LogP contribution in [0.4, 0.5) is 11.4 Å². The van der Waals surface area contributed by atoms with Crippen molar-refractivity contribution in [2.45, 2.75) is 40.3 Å². The Labute approximate surface area is 217 Å². The van der Waals surface area contributed by atoms with Crippen LogP contribution in [0.5, 0.6) is 23.0 Å². The number of fused-ring (bicyclic) bond motifs is 1. The van der Waals surface area contributed by atoms with Crippen molar-refractivity contribution in [3.05, 3.63) is 71.8 Å². The number of rotatable bonds is 10. The van der Waals surface area contributed by atoms with Crippen LogP contribution in [0.1, 0.15) is 43.6 Å². The van der Waals surface area contributed by atoms with E-state index < -0.39 is 6.10 Å². The van der Waals surface area contributed by atoms with E-state index in [0.717, 1.165) is 5.56 Å². The molecule has 8 heteroatoms. The van der Waals surface area contributed by atoms with Gasteiger partial charge < -0.3 is 29.2 Å². The molecule has 1 aliphatic rings. The predicted molar refractivity (Wildman–Crippen MR) is 142 cm³/mol. The number of benzene rings is 3. The second-order valence-corrected chi connectivity index (χ2v) is 8.41. The molecule has 37 heavy (non-hydrogen) atoms. The van der Waals surface area contributed by atoms with Crippen LogP contribution in [-0.4, -0.2) is 37.7 Å². The molecule has 8 nitrogen and oxygen atoms in total. The van der Waals surface area contributed by atoms with Crippen molar-refractivity contribution in [1.82, 2.24) is 0 Å². The molecule has 0 bridgehead atoms. The highest BCUT2D eigenvalue weighted by Crippen LogP contribution is 2.40. The first kappa shape index (κ1) is 25.9. The lowest BCUT2D eigenvalue weighted by Crippen LogP contribution is -2.44. The Balaban J connectivity index is 1.60. The van der Waals surface area contributed by atoms with Gasteiger partial charge in [-0.05, 0) is 57.5 Å². The van der Waals surface area contributed by atoms with E-state index in [-0.39, 0.29) is 11.8 Å². The Bertz CT molecular complexity index is 1230. The van der Waals surface area contributed by atoms with Crippen molar-refractivity contribution in [2.24, 2.45) is 0 Å². The first-order chi connectivity index (χ1) is 17.9. The minimum Gasteiger partial charge on any atom is -0.490 e. The van der Waals surface area contributed by atoms with Gasteiger partial charge in [0.2, 0.25) is 5.75 Å². The summed E-state index contributed by atoms with van der Waals surface area (Å²) in [6.45, 7) is 9.01. The number of nitrogens with zero attached hydrogens (tertiary/aromatic N) is 1. The van der Waals surface area contributed by atoms with E-state index in [4.69, 9.17) is 18.9 Å². The second kappa shape index (κ2) is 11.7. The lowest BCUT2D eigenvalue weighted by molar-refractivity contribution is -0.125. The van der Waals surface area contributed by atoms with Crippen LogP contribution in [0, 0.1) is 0 Å². The summed E-state index contributed by atoms with van der Waals surface area (Å²) < 4.78 is 23.1. The summed E-state index contributed by atoms with van der Waals surface area (Å²) in [6.07, 6.45) is -0.643. The molecule has 3 aromatic rings. The SMILES string of the molecule is CCOc1cc(C(=O)Nc2ccc3c(c2)OC(C)C(=O)N3Cc2ccccc2)cc(OCC)c1OCC. The van der Waals surface area contributed by atoms with Crippen LogP contribution in [0.3, 0.4) is 0 Å². The zero-order valence-corrected chi connectivity index (χ0v) is 21.6. The molecule has 0 spiro atoms. The first-order valence-electron chi connectivity index (χ1n) is 12.5. The second-order valence-electron chi connectivity index (χ2n) is 8.41. The number of anilines is 2. The average Bonchev–Trinajstić information content (AvgIpc) is 2.89. The topological polar surface area (TPSA) is 86.3 Å². The highest BCUT2D eigenvalue weighted by Gasteiger charge is 2.32. The summed E-state index contributed by atoms with van der Waals surface area (Å²) in [7, 11) is 0. The molecule has 3 aromatic carbocycles. The van der Waals surface area contributed by atoms with Crippen molar-refractivity contribution in [3.8, 4) is 23.0 Å². The summed E-state index contributed by atoms with van der Waals surface area (Å²) in [5, 5.41) is 2.91. The first-order valence-corrected chi connectivity index (χ1v) is 12.5. The molecule has 194 valence electrons. The molecular weight excluding hydrogens is 472 g/mol. The Kier molecular flexibility index (Phi) is 8.18. The fraction of sp³-hybridized carbons (Fsp3) is 0.310. The number of nitrogens with one attached hydrogen (secondary N) is 1. The molecule has 0 aliphatic carbocycles. The van der Waals surface area contributed by atoms with Crippen LogP contribution in [0.2, 0.25) is 0 Å². The highest BCUT2D eigenvalue weighted by atomic mass is 16.5. The van der Waals surface area contributed by atoms with Gasteiger partial charge in [-0.15, -0.1) is 0 Å². The summed E-state index contributed by atoms with van der Waals surface area (Å²) in [6, 6.07) is 18.3. The largest absolute Gasteiger partial charge is 0.490 e. The maximum absolute atomic E-state index is 13.2. The Morgan fingerprint density at radius 2 is 1.57 bits per heavy atom. The maximum Gasteiger partial charge on any atom is 0.268 e. The summed E-state index contributed by atoms with van der Waals surface area (Å²) >= 11 is 0. The number of hydrogen-bond donors (Lipinski definition) is 1. The van der Waals surface area contributed by atoms with Gasteiger partial charge in [0.1, 0.15) is 5.75 Å². The Morgan fingerprint density at radius 3 is 2.19 bits per heavy atom. The van der Waals surface area contributed by atoms with E-state index in [9.17, 15) is 9.59 Å². The zero-order valence-electron chi connectivity index (χ0n) is 21.6. The van der Waals surface area contributed by atoms with E-state index in [1.165, 1.54) is 0 Å². The Hall–Kier alpha value is -4.20. The number of hydrogen-bond acceptors (Lipinski definition) is 6. The van der Waals surface area contributed by atoms with Gasteiger partial charge in [-0.25, -0.2) is 0 Å². The number of carbonyl (C=O) groups excluding carboxylic acids is 2. The normalized spacial score (nSPS) is 14.4. The van der Waals surface area contributed by atoms with Gasteiger partial charge in [0.25, 0.3) is 11.8 Å². The third kappa shape index (κ3) is 5.80. The lowest BCUT2D eigenvalue weighted by Gasteiger charge is -2.33. The van der Waals surface area contributed by atoms with Crippen LogP contribution < -0.4 is 29.2 Å². The van der Waals surface area contributed by atoms with Crippen molar-refractivity contribution in [1.29, 1.82) is 0 Å². The zero-order chi connectivity index (χ0) is 26.4. The molecule has 1 unspecified atom stereocenters. The minimum atomic E-state index is -0.643. The minimum absolute atomic E-state index is 0.116. The highest BCUT2D eigenvalue weighted by molar-refractivity contribution is 6.06. The van der Waals surface area contributed by atoms with Gasteiger partial charge in [0, 0.05) is 17.3 Å². The molecule has 0 aromatic heterocycles. The molecule has 0 saturated heterocycles. The third-order valence-corrected chi connectivity index (χ3v) is 5.78. The lowest BCUT2D eigenvalue weighted by atomic mass is 10.1. The quantitative estimate of drug-likeness (QED) is 0.395. The van der Waals surface area contributed by atoms with Crippen LogP contribution in [-0.2, 0) is 11.3 Å². The van der Waals surface area contributed by atoms with E-state index in [1.807, 2.05) is 51.1 Å². The van der Waals surface area contributed by atoms with Crippen molar-refractivity contribution < 1.29 is 28.5 Å². The van der Waals surface area contributed by atoms with Gasteiger partial charge in [0.05, 0.1) is 32.1 Å². The van der Waals surface area contributed by atoms with E-state index in [2.05, 4.69) is 5.32 Å². The third-order valence-electron chi connectivity index (χ3n) is 5.78. The van der Waals surface area contributed by atoms with Gasteiger partial charge in [-0.3, -0.25) is 9.59 Å². The number of ether oxygens (including phenoxy) is 4. The molecule has 4 rings (SSSR count). The fourth-order valence-electron chi connectivity index (χ4n) is 4.14. The van der Waals surface area contributed by atoms with Crippen molar-refractivity contribution >= 4 is 23.2 Å². The monoisotopic (exact) mass is 504 g/mol. The Morgan fingerprint density at radius 1 is 0.919 bits per heavy atom. The van der Waals surface area contributed by atoms with Gasteiger partial charge >= 0.3 is 0 Å². The van der Waals surface area contributed by atoms with Gasteiger partial charge in [0.15, 0.2) is 17.6 Å². The number of amides is 2. The van der Waals surface area contributed by atoms with Crippen LogP contribution >= 0.6 is 0 Å². The summed E-state index contributed by atoms with van der Waals surface area (Å²) in [5.74, 6) is 1.43. The molecule has 0 saturated carbocycles. The molecule has 1 atom stereocenters. The van der Waals surface area contributed by atoms with Crippen LogP contribution in [0.25, 0.3) is 0 Å². The maximum atomic E-state index is 13.2. The van der Waals surface area contributed by atoms with Gasteiger partial charge in [-0.2, -0.15) is 0 Å². The molecular formula is C29H32N2O6. The smallest absolute Gasteiger partial charge is 0.268 e. The summed E-state index contributed by atoms with van der Waals surface area (Å²) in [5.41, 5.74) is 2.57. The fourth-order valence-corrected chi connectivity index (χ4v) is 4.14. The van der Waals surface area contributed by atoms with Crippen LogP contribution in [0.15, 0.2) is 60.7 Å². The molecule has 0 radical (unpaired) electrons. The van der Waals surface area contributed by atoms with Crippen molar-refractivity contribution in [3.63, 3.8) is 0 Å². The molecule has 0 fully saturated rings. The molecule has 2 amide bonds. The van der Waals surface area contributed by atoms with Crippen molar-refractivity contribution in [2.75, 3.05) is 30.0 Å². The van der Waals surface area contributed by atoms with E-state index in [1.54, 1.807) is 42.2 Å². The van der Waals surface area contributed by atoms with E-state index >= 15 is 0 Å². The molecule has 1 N–H and O–H groups in total. The summed E-state index contributed by atoms with van der Waals surface area (Å²) in [4.78, 5) is 27.8. The van der Waals surface area contributed by atoms with E-state index in [0.29, 0.717) is 66.3 Å². The molecule has 1 heterocycles. The van der Waals surface area contributed by atoms with Gasteiger partial charge in [-0.1, -0.05) is 30.3 Å². The predicted octanol–water partition coefficient (Wildman–Crippen LogP) is 5.45. The standard InChI is InChI=1S/C29H32N2O6/c1-5-34-25-15-21(16-26(35-6-2)27(25)36-7-3)28(32)30-22-13-14-23-24(17-22)37-19(4)29(33)31(23)18-20-11-9-8-10-12-20/h8-17,19H,5-7,18H2,1-4H3,(H,30,32).